The first kappa shape index (κ1) is 19.2. The Balaban J connectivity index is 1.47. The number of hydrogen-bond donors (Lipinski definition) is 0. The molecule has 0 spiro atoms. The molecule has 2 aliphatic rings. The minimum absolute atomic E-state index is 0.297. The van der Waals surface area contributed by atoms with Crippen molar-refractivity contribution in [1.29, 1.82) is 0 Å². The molecule has 1 aliphatic heterocycles. The van der Waals surface area contributed by atoms with E-state index >= 15 is 0 Å². The van der Waals surface area contributed by atoms with Crippen molar-refractivity contribution in [3.8, 4) is 5.75 Å². The summed E-state index contributed by atoms with van der Waals surface area (Å²) in [5, 5.41) is 0. The predicted molar refractivity (Wildman–Crippen MR) is 105 cm³/mol. The molecule has 1 aliphatic carbocycles. The van der Waals surface area contributed by atoms with Gasteiger partial charge in [-0.1, -0.05) is 31.0 Å². The second-order valence-electron chi connectivity index (χ2n) is 8.07. The van der Waals surface area contributed by atoms with Gasteiger partial charge in [0.1, 0.15) is 5.75 Å². The molecule has 0 N–H and O–H groups in total. The summed E-state index contributed by atoms with van der Waals surface area (Å²) in [5.41, 5.74) is 1.28. The fourth-order valence-corrected chi connectivity index (χ4v) is 4.65. The third-order valence-corrected chi connectivity index (χ3v) is 6.11. The topological polar surface area (TPSA) is 32.8 Å². The van der Waals surface area contributed by atoms with Crippen LogP contribution in [0.2, 0.25) is 0 Å². The molecule has 3 rings (SSSR count). The lowest BCUT2D eigenvalue weighted by molar-refractivity contribution is -0.134. The molecular weight excluding hydrogens is 324 g/mol. The fourth-order valence-electron chi connectivity index (χ4n) is 4.65. The van der Waals surface area contributed by atoms with Crippen molar-refractivity contribution in [2.24, 2.45) is 11.8 Å². The zero-order valence-electron chi connectivity index (χ0n) is 16.5. The first-order valence-electron chi connectivity index (χ1n) is 10.3. The normalized spacial score (nSPS) is 21.7. The van der Waals surface area contributed by atoms with E-state index in [4.69, 9.17) is 4.74 Å². The summed E-state index contributed by atoms with van der Waals surface area (Å²) in [5.74, 6) is 2.28. The summed E-state index contributed by atoms with van der Waals surface area (Å²) in [6.07, 6.45) is 8.15. The molecule has 0 aromatic heterocycles. The Morgan fingerprint density at radius 1 is 1.19 bits per heavy atom. The van der Waals surface area contributed by atoms with Gasteiger partial charge in [0.25, 0.3) is 0 Å². The van der Waals surface area contributed by atoms with E-state index in [1.807, 2.05) is 24.1 Å². The number of carbonyl (C=O) groups excluding carboxylic acids is 1. The number of likely N-dealkylation sites (tertiary alicyclic amines) is 1. The molecule has 1 heterocycles. The highest BCUT2D eigenvalue weighted by Gasteiger charge is 2.28. The van der Waals surface area contributed by atoms with Crippen LogP contribution in [-0.4, -0.2) is 56.0 Å². The van der Waals surface area contributed by atoms with Gasteiger partial charge >= 0.3 is 0 Å². The number of nitrogens with zero attached hydrogens (tertiary/aromatic N) is 2. The van der Waals surface area contributed by atoms with Crippen LogP contribution in [0.3, 0.4) is 0 Å². The molecule has 144 valence electrons. The van der Waals surface area contributed by atoms with Crippen molar-refractivity contribution in [2.45, 2.75) is 44.9 Å². The number of rotatable bonds is 7. The van der Waals surface area contributed by atoms with Gasteiger partial charge in [0, 0.05) is 32.6 Å². The Morgan fingerprint density at radius 2 is 1.96 bits per heavy atom. The highest BCUT2D eigenvalue weighted by atomic mass is 16.5. The number of hydrogen-bond acceptors (Lipinski definition) is 3. The second-order valence-corrected chi connectivity index (χ2v) is 8.07. The van der Waals surface area contributed by atoms with E-state index in [-0.39, 0.29) is 0 Å². The molecular formula is C22H34N2O2. The average Bonchev–Trinajstić information content (AvgIpc) is 3.21. The highest BCUT2D eigenvalue weighted by molar-refractivity contribution is 5.78. The highest BCUT2D eigenvalue weighted by Crippen LogP contribution is 2.27. The summed E-state index contributed by atoms with van der Waals surface area (Å²) in [6, 6.07) is 8.31. The third kappa shape index (κ3) is 5.00. The zero-order chi connectivity index (χ0) is 18.4. The molecule has 0 unspecified atom stereocenters. The van der Waals surface area contributed by atoms with Crippen molar-refractivity contribution < 1.29 is 9.53 Å². The number of amides is 1. The molecule has 0 bridgehead atoms. The van der Waals surface area contributed by atoms with Gasteiger partial charge in [0.15, 0.2) is 0 Å². The van der Waals surface area contributed by atoms with E-state index < -0.39 is 0 Å². The first-order chi connectivity index (χ1) is 12.7. The number of ether oxygens (including phenoxy) is 1. The zero-order valence-corrected chi connectivity index (χ0v) is 16.5. The van der Waals surface area contributed by atoms with E-state index in [2.05, 4.69) is 17.0 Å². The summed E-state index contributed by atoms with van der Waals surface area (Å²) in [4.78, 5) is 17.2. The summed E-state index contributed by atoms with van der Waals surface area (Å²) in [6.45, 7) is 4.26. The Hall–Kier alpha value is -1.55. The molecule has 4 nitrogen and oxygen atoms in total. The van der Waals surface area contributed by atoms with Crippen LogP contribution in [0.25, 0.3) is 0 Å². The summed E-state index contributed by atoms with van der Waals surface area (Å²) in [7, 11) is 3.75. The maximum atomic E-state index is 12.6. The monoisotopic (exact) mass is 358 g/mol. The van der Waals surface area contributed by atoms with Gasteiger partial charge in [-0.05, 0) is 56.2 Å². The van der Waals surface area contributed by atoms with E-state index in [1.54, 1.807) is 7.11 Å². The minimum Gasteiger partial charge on any atom is -0.496 e. The van der Waals surface area contributed by atoms with Crippen molar-refractivity contribution in [2.75, 3.05) is 40.3 Å². The van der Waals surface area contributed by atoms with Crippen LogP contribution < -0.4 is 4.74 Å². The second kappa shape index (κ2) is 9.40. The lowest BCUT2D eigenvalue weighted by atomic mass is 9.96. The van der Waals surface area contributed by atoms with Crippen LogP contribution in [0.4, 0.5) is 0 Å². The Bertz CT molecular complexity index is 583. The van der Waals surface area contributed by atoms with Gasteiger partial charge < -0.3 is 14.5 Å². The number of carbonyl (C=O) groups is 1. The van der Waals surface area contributed by atoms with Crippen molar-refractivity contribution >= 4 is 5.91 Å². The molecule has 1 aromatic carbocycles. The van der Waals surface area contributed by atoms with Gasteiger partial charge in [-0.15, -0.1) is 0 Å². The maximum Gasteiger partial charge on any atom is 0.225 e. The van der Waals surface area contributed by atoms with E-state index in [0.29, 0.717) is 17.7 Å². The Morgan fingerprint density at radius 3 is 2.73 bits per heavy atom. The molecule has 1 amide bonds. The van der Waals surface area contributed by atoms with E-state index in [0.717, 1.165) is 44.6 Å². The van der Waals surface area contributed by atoms with Crippen molar-refractivity contribution in [3.63, 3.8) is 0 Å². The molecule has 0 radical (unpaired) electrons. The quantitative estimate of drug-likeness (QED) is 0.747. The van der Waals surface area contributed by atoms with Gasteiger partial charge in [-0.2, -0.15) is 0 Å². The Kier molecular flexibility index (Phi) is 6.95. The van der Waals surface area contributed by atoms with Crippen LogP contribution in [0.5, 0.6) is 5.75 Å². The molecule has 1 aromatic rings. The van der Waals surface area contributed by atoms with E-state index in [9.17, 15) is 4.79 Å². The minimum atomic E-state index is 0.297. The molecule has 26 heavy (non-hydrogen) atoms. The summed E-state index contributed by atoms with van der Waals surface area (Å²) >= 11 is 0. The lowest BCUT2D eigenvalue weighted by Gasteiger charge is -2.35. The predicted octanol–water partition coefficient (Wildman–Crippen LogP) is 3.60. The third-order valence-electron chi connectivity index (χ3n) is 6.11. The van der Waals surface area contributed by atoms with Crippen LogP contribution in [-0.2, 0) is 11.2 Å². The van der Waals surface area contributed by atoms with Gasteiger partial charge in [-0.3, -0.25) is 4.79 Å². The summed E-state index contributed by atoms with van der Waals surface area (Å²) < 4.78 is 5.47. The number of methoxy groups -OCH3 is 1. The standard InChI is InChI=1S/C22H34N2O2/c1-23(22(25)20-10-3-4-11-20)16-18-8-7-14-24(17-18)15-13-19-9-5-6-12-21(19)26-2/h5-6,9,12,18,20H,3-4,7-8,10-11,13-17H2,1-2H3/t18-/m0/s1. The van der Waals surface area contributed by atoms with Gasteiger partial charge in [0.05, 0.1) is 7.11 Å². The molecule has 1 atom stereocenters. The van der Waals surface area contributed by atoms with Crippen molar-refractivity contribution in [3.05, 3.63) is 29.8 Å². The Labute approximate surface area is 158 Å². The van der Waals surface area contributed by atoms with Gasteiger partial charge in [0.2, 0.25) is 5.91 Å². The lowest BCUT2D eigenvalue weighted by Crippen LogP contribution is -2.43. The average molecular weight is 359 g/mol. The largest absolute Gasteiger partial charge is 0.496 e. The SMILES string of the molecule is COc1ccccc1CCN1CCC[C@@H](CN(C)C(=O)C2CCCC2)C1. The number of piperidine rings is 1. The van der Waals surface area contributed by atoms with Gasteiger partial charge in [-0.25, -0.2) is 0 Å². The van der Waals surface area contributed by atoms with Crippen LogP contribution in [0.15, 0.2) is 24.3 Å². The number of para-hydroxylation sites is 1. The first-order valence-corrected chi connectivity index (χ1v) is 10.3. The molecule has 1 saturated heterocycles. The maximum absolute atomic E-state index is 12.6. The van der Waals surface area contributed by atoms with Crippen LogP contribution >= 0.6 is 0 Å². The smallest absolute Gasteiger partial charge is 0.225 e. The van der Waals surface area contributed by atoms with Crippen molar-refractivity contribution in [1.82, 2.24) is 9.80 Å². The van der Waals surface area contributed by atoms with E-state index in [1.165, 1.54) is 37.8 Å². The molecule has 1 saturated carbocycles. The number of benzene rings is 1. The fraction of sp³-hybridized carbons (Fsp3) is 0.682. The molecule has 4 heteroatoms. The van der Waals surface area contributed by atoms with Crippen LogP contribution in [0, 0.1) is 11.8 Å². The van der Waals surface area contributed by atoms with Crippen LogP contribution in [0.1, 0.15) is 44.1 Å². The molecule has 2 fully saturated rings.